The number of aliphatic hydroxyl groups excluding tert-OH is 2. The Morgan fingerprint density at radius 3 is 1.40 bits per heavy atom. The molecule has 2 atom stereocenters. The van der Waals surface area contributed by atoms with Crippen LogP contribution in [0.25, 0.3) is 169 Å². The van der Waals surface area contributed by atoms with E-state index in [9.17, 15) is 10.2 Å². The fourth-order valence-corrected chi connectivity index (χ4v) is 17.9. The van der Waals surface area contributed by atoms with Crippen molar-refractivity contribution in [3.05, 3.63) is 400 Å². The van der Waals surface area contributed by atoms with Gasteiger partial charge in [-0.2, -0.15) is 0 Å². The van der Waals surface area contributed by atoms with E-state index in [1.54, 1.807) is 6.20 Å². The average molecular weight is 1880 g/mol. The molecule has 4 aromatic heterocycles. The number of aryl methyl sites for hydroxylation is 2. The number of benzene rings is 17. The van der Waals surface area contributed by atoms with Crippen LogP contribution in [0, 0.1) is 35.9 Å². The van der Waals surface area contributed by atoms with Crippen molar-refractivity contribution >= 4 is 154 Å². The van der Waals surface area contributed by atoms with Crippen molar-refractivity contribution in [2.45, 2.75) is 74.0 Å². The van der Waals surface area contributed by atoms with Gasteiger partial charge in [-0.15, -0.1) is 54.0 Å². The minimum Gasteiger partial charge on any atom is -0.392 e. The molecule has 129 heavy (non-hydrogen) atoms. The first-order valence-electron chi connectivity index (χ1n) is 43.3. The molecule has 15 heteroatoms. The normalized spacial score (nSPS) is 12.0. The molecule has 0 aliphatic heterocycles. The van der Waals surface area contributed by atoms with Crippen molar-refractivity contribution in [1.82, 2.24) is 24.5 Å². The molecule has 4 heterocycles. The van der Waals surface area contributed by atoms with Crippen LogP contribution in [-0.4, -0.2) is 76.0 Å². The SMILES string of the molecule is CC(C)(C)C(O)CC(O)C(C)(C)C.Cc1cnc(-c2[c-]cccc2)c(C)n1.[B]CP([B])([B])=N.[Ir].c1ccc(-n2c3ccccc3c3cc(-c4ccc(N(c5ccc(-c6cccc7ccccc67)cc5)c5ccc(-c6cccc7ccccc67)cc5)cc4)ccc32)cc1.c1ccc2c(c1)sc1c(-c3ccc(-c4cnc5c6ccccc6c6ccccc6c5n4)cc3)cccc12. The first-order chi connectivity index (χ1) is 62.0. The molecule has 3 N–H and O–H groups in total. The van der Waals surface area contributed by atoms with Crippen LogP contribution >= 0.6 is 18.1 Å². The van der Waals surface area contributed by atoms with Gasteiger partial charge < -0.3 is 29.8 Å². The number of hydrogen-bond acceptors (Lipinski definition) is 9. The second-order valence-corrected chi connectivity index (χ2v) is 38.0. The maximum Gasteiger partial charge on any atom is 0.119 e. The second kappa shape index (κ2) is 38.9. The summed E-state index contributed by atoms with van der Waals surface area (Å²) in [4.78, 5) is 21.1. The summed E-state index contributed by atoms with van der Waals surface area (Å²) in [6.45, 7) is 13.4. The Morgan fingerprint density at radius 1 is 0.411 bits per heavy atom. The number of thiophene rings is 1. The number of nitrogens with zero attached hydrogens (tertiary/aromatic N) is 6. The van der Waals surface area contributed by atoms with Gasteiger partial charge in [0.15, 0.2) is 0 Å². The molecular weight excluding hydrogens is 1790 g/mol. The van der Waals surface area contributed by atoms with Crippen LogP contribution in [0.1, 0.15) is 59.4 Å². The summed E-state index contributed by atoms with van der Waals surface area (Å²) in [5.41, 5.74) is 24.0. The molecule has 0 spiro atoms. The molecule has 9 nitrogen and oxygen atoms in total. The Hall–Kier alpha value is -13.0. The van der Waals surface area contributed by atoms with Gasteiger partial charge in [-0.3, -0.25) is 9.97 Å². The fraction of sp³-hybridized carbons (Fsp3) is 0.123. The Labute approximate surface area is 776 Å². The molecule has 21 rings (SSSR count). The molecule has 0 amide bonds. The molecule has 0 saturated heterocycles. The van der Waals surface area contributed by atoms with Gasteiger partial charge in [0.05, 0.1) is 59.7 Å². The van der Waals surface area contributed by atoms with E-state index in [0.717, 1.165) is 72.8 Å². The Morgan fingerprint density at radius 2 is 0.845 bits per heavy atom. The van der Waals surface area contributed by atoms with Gasteiger partial charge in [-0.25, -0.2) is 4.98 Å². The van der Waals surface area contributed by atoms with Gasteiger partial charge in [0.25, 0.3) is 0 Å². The number of aliphatic hydroxyl groups is 2. The number of rotatable bonds is 13. The van der Waals surface area contributed by atoms with Gasteiger partial charge in [0.2, 0.25) is 0 Å². The molecule has 629 valence electrons. The molecule has 0 bridgehead atoms. The minimum atomic E-state index is -2.37. The van der Waals surface area contributed by atoms with E-state index in [2.05, 4.69) is 371 Å². The fourth-order valence-electron chi connectivity index (χ4n) is 16.7. The zero-order chi connectivity index (χ0) is 88.8. The zero-order valence-corrected chi connectivity index (χ0v) is 77.5. The molecule has 0 aliphatic rings. The van der Waals surface area contributed by atoms with E-state index in [0.29, 0.717) is 6.42 Å². The standard InChI is InChI=1S/C56H38N2.C34H20N2S.C12H11N2.C11H24O2.CH3B3NP.Ir/c1-2-16-45(17-3-1)58-55-23-9-8-20-53(55)54-38-44(30-37-56(54)58)39-24-31-46(32-25-39)57(47-33-26-42(27-34-47)51-21-10-14-40-12-4-6-18-49(40)51)48-35-28-43(29-36-48)52-22-11-15-41-13-5-7-19-50(41)52;1-3-11-27-24(8-1)25-9-2-4-12-28(25)33-32(27)35-20-30(36-33)22-18-16-21(17-19-22)23-13-7-14-29-26-10-5-6-15-31(26)37-34(23)29;1-9-8-13-12(10(2)14-9)11-6-4-3-5-7-11;1-10(2,3)8(12)7-9(13)11(4,5)6;2-1-6(3,4)5;/h1-38H;1-20H;3-6,8H,1-2H3;8-9,12-13H,7H2,1-6H3;5H,1H2;/q;;-1;;;. The molecular formula is C114H96B3IrN7O2PS-. The van der Waals surface area contributed by atoms with E-state index < -0.39 is 19.0 Å². The monoisotopic (exact) mass is 1880 g/mol. The van der Waals surface area contributed by atoms with Crippen molar-refractivity contribution < 1.29 is 30.3 Å². The van der Waals surface area contributed by atoms with Crippen LogP contribution in [0.5, 0.6) is 0 Å². The minimum absolute atomic E-state index is 0. The number of hydrogen-bond donors (Lipinski definition) is 3. The van der Waals surface area contributed by atoms with Crippen LogP contribution in [0.15, 0.2) is 382 Å². The third-order valence-corrected chi connectivity index (χ3v) is 25.5. The number of para-hydroxylation sites is 2. The van der Waals surface area contributed by atoms with Crippen LogP contribution in [-0.2, 0) is 20.1 Å². The van der Waals surface area contributed by atoms with Crippen molar-refractivity contribution in [3.8, 4) is 72.7 Å². The Bertz CT molecular complexity index is 7420. The van der Waals surface area contributed by atoms with Gasteiger partial charge in [-0.05, 0) is 174 Å². The quantitative estimate of drug-likeness (QED) is 0.0455. The van der Waals surface area contributed by atoms with Crippen LogP contribution in [0.4, 0.5) is 17.1 Å². The molecule has 0 aliphatic carbocycles. The van der Waals surface area contributed by atoms with Crippen LogP contribution in [0.3, 0.4) is 0 Å². The smallest absolute Gasteiger partial charge is 0.119 e. The molecule has 0 fully saturated rings. The van der Waals surface area contributed by atoms with Crippen LogP contribution in [0.2, 0.25) is 0 Å². The van der Waals surface area contributed by atoms with Crippen molar-refractivity contribution in [1.29, 1.82) is 5.16 Å². The van der Waals surface area contributed by atoms with E-state index in [4.69, 9.17) is 38.1 Å². The van der Waals surface area contributed by atoms with E-state index >= 15 is 0 Å². The average Bonchev–Trinajstić information content (AvgIpc) is 1.74. The summed E-state index contributed by atoms with van der Waals surface area (Å²) in [5, 5.41) is 41.1. The molecule has 0 saturated carbocycles. The molecule has 17 aromatic carbocycles. The predicted octanol–water partition coefficient (Wildman–Crippen LogP) is 30.0. The van der Waals surface area contributed by atoms with E-state index in [-0.39, 0.29) is 37.0 Å². The van der Waals surface area contributed by atoms with Crippen LogP contribution < -0.4 is 4.90 Å². The third-order valence-electron chi connectivity index (χ3n) is 23.7. The van der Waals surface area contributed by atoms with E-state index in [1.807, 2.05) is 97.2 Å². The van der Waals surface area contributed by atoms with Crippen molar-refractivity contribution in [2.75, 3.05) is 11.0 Å². The third kappa shape index (κ3) is 19.7. The molecule has 21 aromatic rings. The van der Waals surface area contributed by atoms with E-state index in [1.165, 1.54) is 124 Å². The molecule has 7 radical (unpaired) electrons. The van der Waals surface area contributed by atoms with Gasteiger partial charge in [-0.1, -0.05) is 321 Å². The summed E-state index contributed by atoms with van der Waals surface area (Å²) in [6, 6.07) is 136. The number of aromatic nitrogens is 5. The van der Waals surface area contributed by atoms with Gasteiger partial charge in [0, 0.05) is 114 Å². The first-order valence-corrected chi connectivity index (χ1v) is 46.2. The summed E-state index contributed by atoms with van der Waals surface area (Å²) in [6.07, 6.45) is 3.25. The number of fused-ring (bicyclic) bond motifs is 14. The largest absolute Gasteiger partial charge is 0.392 e. The van der Waals surface area contributed by atoms with Gasteiger partial charge in [0.1, 0.15) is 15.1 Å². The Balaban J connectivity index is 0.000000145. The molecule has 2 unspecified atom stereocenters. The maximum atomic E-state index is 9.76. The van der Waals surface area contributed by atoms with Gasteiger partial charge >= 0.3 is 0 Å². The number of anilines is 3. The number of nitrogens with one attached hydrogen (secondary N) is 1. The summed E-state index contributed by atoms with van der Waals surface area (Å²) in [7, 11) is 14.8. The predicted molar refractivity (Wildman–Crippen MR) is 548 cm³/mol. The zero-order valence-electron chi connectivity index (χ0n) is 73.4. The summed E-state index contributed by atoms with van der Waals surface area (Å²) < 4.78 is 5.03. The van der Waals surface area contributed by atoms with Crippen molar-refractivity contribution in [3.63, 3.8) is 0 Å². The van der Waals surface area contributed by atoms with Crippen molar-refractivity contribution in [2.24, 2.45) is 10.8 Å². The Kier molecular flexibility index (Phi) is 27.0. The second-order valence-electron chi connectivity index (χ2n) is 34.7. The summed E-state index contributed by atoms with van der Waals surface area (Å²) in [5.74, 6) is 0. The summed E-state index contributed by atoms with van der Waals surface area (Å²) >= 11 is 1.86. The first kappa shape index (κ1) is 89.4. The maximum absolute atomic E-state index is 9.76. The topological polar surface area (TPSA) is 124 Å².